The van der Waals surface area contributed by atoms with Crippen LogP contribution in [0.2, 0.25) is 0 Å². The van der Waals surface area contributed by atoms with Crippen LogP contribution in [0.1, 0.15) is 0 Å². The van der Waals surface area contributed by atoms with Gasteiger partial charge in [0.25, 0.3) is 0 Å². The monoisotopic (exact) mass is 309 g/mol. The van der Waals surface area contributed by atoms with Gasteiger partial charge in [0, 0.05) is 21.6 Å². The lowest BCUT2D eigenvalue weighted by Crippen LogP contribution is -2.10. The number of rotatable bonds is 2. The number of hydrogen-bond acceptors (Lipinski definition) is 2. The van der Waals surface area contributed by atoms with Crippen molar-refractivity contribution in [2.45, 2.75) is 10.7 Å². The molecule has 0 saturated heterocycles. The summed E-state index contributed by atoms with van der Waals surface area (Å²) in [4.78, 5) is 2.28. The number of benzene rings is 1. The van der Waals surface area contributed by atoms with Gasteiger partial charge in [0.05, 0.1) is 4.90 Å². The molecule has 0 aliphatic carbocycles. The first-order chi connectivity index (χ1) is 7.43. The normalized spacial score (nSPS) is 12.5. The maximum absolute atomic E-state index is 12.4. The fraction of sp³-hybridized carbons (Fsp3) is 0.111. The van der Waals surface area contributed by atoms with E-state index in [9.17, 15) is 17.2 Å². The number of sulfone groups is 1. The highest BCUT2D eigenvalue weighted by molar-refractivity contribution is 9.10. The number of halogens is 3. The van der Waals surface area contributed by atoms with Crippen molar-refractivity contribution in [3.05, 3.63) is 28.9 Å². The van der Waals surface area contributed by atoms with Gasteiger partial charge < -0.3 is 4.98 Å². The number of fused-ring (bicyclic) bond motifs is 1. The largest absolute Gasteiger partial charge is 0.360 e. The van der Waals surface area contributed by atoms with E-state index in [1.54, 1.807) is 12.1 Å². The molecule has 2 rings (SSSR count). The molecule has 16 heavy (non-hydrogen) atoms. The lowest BCUT2D eigenvalue weighted by Gasteiger charge is -2.00. The van der Waals surface area contributed by atoms with E-state index < -0.39 is 15.6 Å². The van der Waals surface area contributed by atoms with Gasteiger partial charge in [0.2, 0.25) is 9.84 Å². The second kappa shape index (κ2) is 3.81. The number of alkyl halides is 2. The Morgan fingerprint density at radius 3 is 2.62 bits per heavy atom. The lowest BCUT2D eigenvalue weighted by molar-refractivity contribution is 0.235. The van der Waals surface area contributed by atoms with Gasteiger partial charge in [-0.2, -0.15) is 8.78 Å². The zero-order valence-corrected chi connectivity index (χ0v) is 10.1. The van der Waals surface area contributed by atoms with Crippen molar-refractivity contribution < 1.29 is 17.2 Å². The van der Waals surface area contributed by atoms with Gasteiger partial charge >= 0.3 is 5.76 Å². The zero-order chi connectivity index (χ0) is 11.9. The summed E-state index contributed by atoms with van der Waals surface area (Å²) in [5.74, 6) is -3.41. The number of H-pyrrole nitrogens is 1. The van der Waals surface area contributed by atoms with Gasteiger partial charge in [0.15, 0.2) is 0 Å². The Morgan fingerprint density at radius 2 is 2.00 bits per heavy atom. The second-order valence-corrected chi connectivity index (χ2v) is 5.95. The highest BCUT2D eigenvalue weighted by atomic mass is 79.9. The van der Waals surface area contributed by atoms with Crippen molar-refractivity contribution in [1.82, 2.24) is 4.98 Å². The molecule has 0 radical (unpaired) electrons. The van der Waals surface area contributed by atoms with Crippen molar-refractivity contribution in [2.75, 3.05) is 0 Å². The lowest BCUT2D eigenvalue weighted by atomic mass is 10.2. The van der Waals surface area contributed by atoms with Crippen molar-refractivity contribution in [2.24, 2.45) is 0 Å². The maximum Gasteiger partial charge on any atom is 0.341 e. The molecule has 86 valence electrons. The molecule has 0 amide bonds. The van der Waals surface area contributed by atoms with Crippen LogP contribution >= 0.6 is 15.9 Å². The van der Waals surface area contributed by atoms with Crippen molar-refractivity contribution in [1.29, 1.82) is 0 Å². The first-order valence-electron chi connectivity index (χ1n) is 4.21. The second-order valence-electron chi connectivity index (χ2n) is 3.15. The minimum atomic E-state index is -4.55. The standard InChI is InChI=1S/C9H6BrF2NO2S/c10-5-1-2-6-7(3-5)13-4-8(6)16(14,15)9(11)12/h1-4,9,13H. The molecule has 1 aromatic carbocycles. The van der Waals surface area contributed by atoms with Crippen LogP contribution in [0.5, 0.6) is 0 Å². The van der Waals surface area contributed by atoms with Gasteiger partial charge in [-0.15, -0.1) is 0 Å². The highest BCUT2D eigenvalue weighted by Gasteiger charge is 2.29. The van der Waals surface area contributed by atoms with E-state index in [4.69, 9.17) is 0 Å². The first-order valence-corrected chi connectivity index (χ1v) is 6.55. The Labute approximate surface area is 98.5 Å². The molecule has 0 spiro atoms. The third-order valence-electron chi connectivity index (χ3n) is 2.15. The summed E-state index contributed by atoms with van der Waals surface area (Å²) in [5.41, 5.74) is 0.494. The van der Waals surface area contributed by atoms with Crippen LogP contribution in [-0.2, 0) is 9.84 Å². The summed E-state index contributed by atoms with van der Waals surface area (Å²) in [6.07, 6.45) is 1.08. The fourth-order valence-electron chi connectivity index (χ4n) is 1.40. The molecule has 0 saturated carbocycles. The Hall–Kier alpha value is -0.950. The van der Waals surface area contributed by atoms with Crippen molar-refractivity contribution in [3.63, 3.8) is 0 Å². The predicted molar refractivity (Wildman–Crippen MR) is 59.2 cm³/mol. The van der Waals surface area contributed by atoms with Gasteiger partial charge in [-0.1, -0.05) is 22.0 Å². The van der Waals surface area contributed by atoms with E-state index >= 15 is 0 Å². The minimum absolute atomic E-state index is 0.267. The molecule has 0 unspecified atom stereocenters. The van der Waals surface area contributed by atoms with Crippen molar-refractivity contribution in [3.8, 4) is 0 Å². The molecular formula is C9H6BrF2NO2S. The molecule has 1 N–H and O–H groups in total. The van der Waals surface area contributed by atoms with Crippen LogP contribution in [0, 0.1) is 0 Å². The first kappa shape index (κ1) is 11.5. The topological polar surface area (TPSA) is 49.9 Å². The van der Waals surface area contributed by atoms with Gasteiger partial charge in [-0.05, 0) is 12.1 Å². The summed E-state index contributed by atoms with van der Waals surface area (Å²) >= 11 is 3.20. The van der Waals surface area contributed by atoms with E-state index in [2.05, 4.69) is 20.9 Å². The van der Waals surface area contributed by atoms with E-state index in [0.29, 0.717) is 5.52 Å². The maximum atomic E-state index is 12.4. The van der Waals surface area contributed by atoms with Crippen LogP contribution in [0.25, 0.3) is 10.9 Å². The molecule has 0 bridgehead atoms. The molecule has 0 fully saturated rings. The Kier molecular flexibility index (Phi) is 2.75. The Morgan fingerprint density at radius 1 is 1.31 bits per heavy atom. The third-order valence-corrected chi connectivity index (χ3v) is 4.06. The van der Waals surface area contributed by atoms with E-state index in [0.717, 1.165) is 10.7 Å². The molecule has 0 aliphatic rings. The van der Waals surface area contributed by atoms with Crippen LogP contribution in [0.4, 0.5) is 8.78 Å². The summed E-state index contributed by atoms with van der Waals surface area (Å²) in [5, 5.41) is 0.267. The number of aromatic amines is 1. The molecule has 7 heteroatoms. The third kappa shape index (κ3) is 1.73. The Balaban J connectivity index is 2.73. The Bertz CT molecular complexity index is 636. The van der Waals surface area contributed by atoms with Gasteiger partial charge in [-0.3, -0.25) is 0 Å². The molecule has 0 aliphatic heterocycles. The smallest absolute Gasteiger partial charge is 0.341 e. The summed E-state index contributed by atoms with van der Waals surface area (Å²) < 4.78 is 48.1. The molecular weight excluding hydrogens is 304 g/mol. The van der Waals surface area contributed by atoms with Crippen LogP contribution < -0.4 is 0 Å². The molecule has 0 atom stereocenters. The molecule has 2 aromatic rings. The number of nitrogens with one attached hydrogen (secondary N) is 1. The fourth-order valence-corrected chi connectivity index (χ4v) is 2.66. The van der Waals surface area contributed by atoms with E-state index in [-0.39, 0.29) is 10.3 Å². The molecule has 3 nitrogen and oxygen atoms in total. The van der Waals surface area contributed by atoms with Gasteiger partial charge in [0.1, 0.15) is 0 Å². The summed E-state index contributed by atoms with van der Waals surface area (Å²) in [6, 6.07) is 4.70. The highest BCUT2D eigenvalue weighted by Crippen LogP contribution is 2.28. The average Bonchev–Trinajstić information content (AvgIpc) is 2.60. The summed E-state index contributed by atoms with van der Waals surface area (Å²) in [7, 11) is -4.55. The van der Waals surface area contributed by atoms with Crippen LogP contribution in [-0.4, -0.2) is 19.2 Å². The van der Waals surface area contributed by atoms with Gasteiger partial charge in [-0.25, -0.2) is 8.42 Å². The predicted octanol–water partition coefficient (Wildman–Crippen LogP) is 2.93. The van der Waals surface area contributed by atoms with Crippen molar-refractivity contribution >= 4 is 36.7 Å². The number of aromatic nitrogens is 1. The SMILES string of the molecule is O=S(=O)(c1c[nH]c2cc(Br)ccc12)C(F)F. The summed E-state index contributed by atoms with van der Waals surface area (Å²) in [6.45, 7) is 0. The van der Waals surface area contributed by atoms with Crippen LogP contribution in [0.3, 0.4) is 0 Å². The molecule has 1 aromatic heterocycles. The van der Waals surface area contributed by atoms with E-state index in [1.807, 2.05) is 0 Å². The quantitative estimate of drug-likeness (QED) is 0.927. The zero-order valence-electron chi connectivity index (χ0n) is 7.75. The minimum Gasteiger partial charge on any atom is -0.360 e. The van der Waals surface area contributed by atoms with Crippen LogP contribution in [0.15, 0.2) is 33.8 Å². The number of hydrogen-bond donors (Lipinski definition) is 1. The van der Waals surface area contributed by atoms with E-state index in [1.165, 1.54) is 6.07 Å². The molecule has 1 heterocycles. The average molecular weight is 310 g/mol.